The predicted molar refractivity (Wildman–Crippen MR) is 96.9 cm³/mol. The minimum Gasteiger partial charge on any atom is -0.490 e. The van der Waals surface area contributed by atoms with Crippen LogP contribution in [0.15, 0.2) is 36.5 Å². The van der Waals surface area contributed by atoms with E-state index < -0.39 is 18.5 Å². The summed E-state index contributed by atoms with van der Waals surface area (Å²) in [6.07, 6.45) is 1.45. The van der Waals surface area contributed by atoms with Crippen molar-refractivity contribution in [2.24, 2.45) is 0 Å². The van der Waals surface area contributed by atoms with Gasteiger partial charge in [-0.2, -0.15) is 0 Å². The molecule has 0 fully saturated rings. The zero-order chi connectivity index (χ0) is 18.9. The molecule has 1 aromatic carbocycles. The number of hydrogen-bond acceptors (Lipinski definition) is 6. The fraction of sp³-hybridized carbons (Fsp3) is 0.278. The summed E-state index contributed by atoms with van der Waals surface area (Å²) >= 11 is 5.81. The van der Waals surface area contributed by atoms with Crippen molar-refractivity contribution in [3.05, 3.63) is 47.2 Å². The molecule has 0 spiro atoms. The van der Waals surface area contributed by atoms with Crippen LogP contribution in [0.2, 0.25) is 5.15 Å². The van der Waals surface area contributed by atoms with E-state index in [0.29, 0.717) is 30.4 Å². The van der Waals surface area contributed by atoms with Crippen LogP contribution in [0.4, 0.5) is 5.69 Å². The average Bonchev–Trinajstić information content (AvgIpc) is 2.62. The van der Waals surface area contributed by atoms with Crippen LogP contribution in [0.25, 0.3) is 0 Å². The van der Waals surface area contributed by atoms with Crippen LogP contribution in [-0.4, -0.2) is 36.7 Å². The minimum atomic E-state index is -0.722. The number of rotatable bonds is 8. The standard InChI is InChI=1S/C18H19ClN2O5/c1-3-24-14-8-7-12(10-15(14)25-4-2)21-16(22)11-26-18(23)13-6-5-9-20-17(13)19/h5-10H,3-4,11H2,1-2H3,(H,21,22). The van der Waals surface area contributed by atoms with Crippen molar-refractivity contribution in [3.8, 4) is 11.5 Å². The van der Waals surface area contributed by atoms with Gasteiger partial charge in [0.1, 0.15) is 5.15 Å². The van der Waals surface area contributed by atoms with Gasteiger partial charge in [0.05, 0.1) is 18.8 Å². The Balaban J connectivity index is 1.96. The summed E-state index contributed by atoms with van der Waals surface area (Å²) in [6.45, 7) is 4.22. The first kappa shape index (κ1) is 19.5. The second-order valence-corrected chi connectivity index (χ2v) is 5.35. The second-order valence-electron chi connectivity index (χ2n) is 4.99. The first-order valence-electron chi connectivity index (χ1n) is 8.02. The monoisotopic (exact) mass is 378 g/mol. The number of benzene rings is 1. The van der Waals surface area contributed by atoms with Crippen LogP contribution in [0.5, 0.6) is 11.5 Å². The highest BCUT2D eigenvalue weighted by molar-refractivity contribution is 6.32. The number of aromatic nitrogens is 1. The Hall–Kier alpha value is -2.80. The summed E-state index contributed by atoms with van der Waals surface area (Å²) in [5.74, 6) is -0.110. The Bertz CT molecular complexity index is 782. The van der Waals surface area contributed by atoms with Gasteiger partial charge in [0.2, 0.25) is 0 Å². The zero-order valence-corrected chi connectivity index (χ0v) is 15.2. The lowest BCUT2D eigenvalue weighted by atomic mass is 10.2. The van der Waals surface area contributed by atoms with Crippen LogP contribution >= 0.6 is 11.6 Å². The van der Waals surface area contributed by atoms with E-state index in [2.05, 4.69) is 10.3 Å². The van der Waals surface area contributed by atoms with E-state index in [1.54, 1.807) is 24.3 Å². The lowest BCUT2D eigenvalue weighted by Gasteiger charge is -2.13. The normalized spacial score (nSPS) is 10.1. The Labute approximate surface area is 156 Å². The number of ether oxygens (including phenoxy) is 3. The van der Waals surface area contributed by atoms with Crippen molar-refractivity contribution in [1.29, 1.82) is 0 Å². The van der Waals surface area contributed by atoms with E-state index in [4.69, 9.17) is 25.8 Å². The third-order valence-electron chi connectivity index (χ3n) is 3.14. The molecule has 0 saturated carbocycles. The first-order chi connectivity index (χ1) is 12.5. The predicted octanol–water partition coefficient (Wildman–Crippen LogP) is 3.33. The number of amides is 1. The molecule has 138 valence electrons. The molecule has 1 amide bonds. The first-order valence-corrected chi connectivity index (χ1v) is 8.40. The highest BCUT2D eigenvalue weighted by atomic mass is 35.5. The van der Waals surface area contributed by atoms with Gasteiger partial charge >= 0.3 is 5.97 Å². The van der Waals surface area contributed by atoms with E-state index in [1.165, 1.54) is 12.3 Å². The smallest absolute Gasteiger partial charge is 0.341 e. The molecule has 0 bridgehead atoms. The number of carbonyl (C=O) groups is 2. The van der Waals surface area contributed by atoms with E-state index >= 15 is 0 Å². The maximum absolute atomic E-state index is 12.0. The molecule has 1 aromatic heterocycles. The van der Waals surface area contributed by atoms with Gasteiger partial charge in [0.25, 0.3) is 5.91 Å². The molecule has 0 aliphatic carbocycles. The lowest BCUT2D eigenvalue weighted by Crippen LogP contribution is -2.21. The summed E-state index contributed by atoms with van der Waals surface area (Å²) in [7, 11) is 0. The van der Waals surface area contributed by atoms with Crippen molar-refractivity contribution in [3.63, 3.8) is 0 Å². The maximum Gasteiger partial charge on any atom is 0.341 e. The quantitative estimate of drug-likeness (QED) is 0.560. The Morgan fingerprint density at radius 2 is 1.85 bits per heavy atom. The molecule has 0 aliphatic heterocycles. The topological polar surface area (TPSA) is 86.8 Å². The van der Waals surface area contributed by atoms with Gasteiger partial charge in [-0.15, -0.1) is 0 Å². The van der Waals surface area contributed by atoms with Gasteiger partial charge in [-0.05, 0) is 38.1 Å². The Morgan fingerprint density at radius 1 is 1.12 bits per heavy atom. The zero-order valence-electron chi connectivity index (χ0n) is 14.5. The second kappa shape index (κ2) is 9.62. The molecule has 8 heteroatoms. The molecule has 0 radical (unpaired) electrons. The van der Waals surface area contributed by atoms with Crippen LogP contribution in [0.1, 0.15) is 24.2 Å². The fourth-order valence-corrected chi connectivity index (χ4v) is 2.27. The molecule has 0 unspecified atom stereocenters. The lowest BCUT2D eigenvalue weighted by molar-refractivity contribution is -0.119. The van der Waals surface area contributed by atoms with Gasteiger partial charge in [-0.25, -0.2) is 9.78 Å². The molecule has 2 aromatic rings. The highest BCUT2D eigenvalue weighted by Gasteiger charge is 2.15. The maximum atomic E-state index is 12.0. The molecular weight excluding hydrogens is 360 g/mol. The van der Waals surface area contributed by atoms with Crippen LogP contribution in [-0.2, 0) is 9.53 Å². The summed E-state index contributed by atoms with van der Waals surface area (Å²) in [5, 5.41) is 2.65. The largest absolute Gasteiger partial charge is 0.490 e. The summed E-state index contributed by atoms with van der Waals surface area (Å²) in [5.41, 5.74) is 0.596. The van der Waals surface area contributed by atoms with Crippen molar-refractivity contribution >= 4 is 29.2 Å². The van der Waals surface area contributed by atoms with Crippen LogP contribution in [0.3, 0.4) is 0 Å². The Morgan fingerprint density at radius 3 is 2.54 bits per heavy atom. The molecule has 7 nitrogen and oxygen atoms in total. The molecule has 0 atom stereocenters. The van der Waals surface area contributed by atoms with Gasteiger partial charge in [-0.3, -0.25) is 4.79 Å². The van der Waals surface area contributed by atoms with E-state index in [1.807, 2.05) is 13.8 Å². The number of pyridine rings is 1. The summed E-state index contributed by atoms with van der Waals surface area (Å²) in [4.78, 5) is 27.7. The molecule has 26 heavy (non-hydrogen) atoms. The SMILES string of the molecule is CCOc1ccc(NC(=O)COC(=O)c2cccnc2Cl)cc1OCC. The van der Waals surface area contributed by atoms with Gasteiger partial charge in [0, 0.05) is 18.0 Å². The fourth-order valence-electron chi connectivity index (χ4n) is 2.07. The molecule has 1 N–H and O–H groups in total. The molecule has 0 saturated heterocycles. The van der Waals surface area contributed by atoms with Crippen LogP contribution < -0.4 is 14.8 Å². The van der Waals surface area contributed by atoms with E-state index in [0.717, 1.165) is 0 Å². The average molecular weight is 379 g/mol. The molecular formula is C18H19ClN2O5. The molecule has 2 rings (SSSR count). The van der Waals surface area contributed by atoms with Crippen molar-refractivity contribution in [2.75, 3.05) is 25.1 Å². The Kier molecular flexibility index (Phi) is 7.23. The van der Waals surface area contributed by atoms with Crippen LogP contribution in [0, 0.1) is 0 Å². The van der Waals surface area contributed by atoms with Gasteiger partial charge in [-0.1, -0.05) is 11.6 Å². The van der Waals surface area contributed by atoms with E-state index in [-0.39, 0.29) is 10.7 Å². The number of esters is 1. The number of anilines is 1. The van der Waals surface area contributed by atoms with Crippen molar-refractivity contribution in [2.45, 2.75) is 13.8 Å². The minimum absolute atomic E-state index is 0.0192. The number of nitrogens with one attached hydrogen (secondary N) is 1. The number of halogens is 1. The highest BCUT2D eigenvalue weighted by Crippen LogP contribution is 2.30. The van der Waals surface area contributed by atoms with Gasteiger partial charge in [0.15, 0.2) is 18.1 Å². The van der Waals surface area contributed by atoms with Crippen molar-refractivity contribution < 1.29 is 23.8 Å². The van der Waals surface area contributed by atoms with Crippen molar-refractivity contribution in [1.82, 2.24) is 4.98 Å². The summed E-state index contributed by atoms with van der Waals surface area (Å²) in [6, 6.07) is 8.04. The third kappa shape index (κ3) is 5.35. The number of carbonyl (C=O) groups excluding carboxylic acids is 2. The molecule has 0 aliphatic rings. The molecule has 1 heterocycles. The summed E-state index contributed by atoms with van der Waals surface area (Å²) < 4.78 is 15.9. The third-order valence-corrected chi connectivity index (χ3v) is 3.44. The van der Waals surface area contributed by atoms with E-state index in [9.17, 15) is 9.59 Å². The number of nitrogens with zero attached hydrogens (tertiary/aromatic N) is 1. The number of hydrogen-bond donors (Lipinski definition) is 1. The van der Waals surface area contributed by atoms with Gasteiger partial charge < -0.3 is 19.5 Å².